The Kier molecular flexibility index (Phi) is 5.02. The topological polar surface area (TPSA) is 41.6 Å². The zero-order valence-corrected chi connectivity index (χ0v) is 10.6. The van der Waals surface area contributed by atoms with Crippen molar-refractivity contribution in [3.05, 3.63) is 30.3 Å². The predicted molar refractivity (Wildman–Crippen MR) is 70.6 cm³/mol. The number of ether oxygens (including phenoxy) is 1. The number of para-hydroxylation sites is 1. The molecular formula is C14H20N2O2. The molecular weight excluding hydrogens is 228 g/mol. The van der Waals surface area contributed by atoms with Gasteiger partial charge in [-0.2, -0.15) is 0 Å². The Bertz CT molecular complexity index is 359. The van der Waals surface area contributed by atoms with Crippen LogP contribution in [0.25, 0.3) is 0 Å². The molecule has 18 heavy (non-hydrogen) atoms. The first kappa shape index (κ1) is 12.9. The summed E-state index contributed by atoms with van der Waals surface area (Å²) in [5, 5.41) is 3.34. The third-order valence-electron chi connectivity index (χ3n) is 3.02. The molecule has 2 rings (SSSR count). The number of rotatable bonds is 3. The minimum Gasteiger partial charge on any atom is -0.484 e. The van der Waals surface area contributed by atoms with Gasteiger partial charge in [-0.05, 0) is 38.1 Å². The molecule has 4 heteroatoms. The zero-order chi connectivity index (χ0) is 12.6. The van der Waals surface area contributed by atoms with E-state index in [1.807, 2.05) is 35.2 Å². The fourth-order valence-electron chi connectivity index (χ4n) is 2.03. The normalized spacial score (nSPS) is 16.8. The van der Waals surface area contributed by atoms with E-state index in [2.05, 4.69) is 5.32 Å². The minimum absolute atomic E-state index is 0.0840. The summed E-state index contributed by atoms with van der Waals surface area (Å²) >= 11 is 0. The van der Waals surface area contributed by atoms with Gasteiger partial charge in [-0.25, -0.2) is 0 Å². The number of nitrogens with zero attached hydrogens (tertiary/aromatic N) is 1. The van der Waals surface area contributed by atoms with Gasteiger partial charge in [0.2, 0.25) is 0 Å². The Balaban J connectivity index is 1.79. The molecule has 1 fully saturated rings. The van der Waals surface area contributed by atoms with Crippen molar-refractivity contribution in [3.63, 3.8) is 0 Å². The number of amides is 1. The monoisotopic (exact) mass is 248 g/mol. The van der Waals surface area contributed by atoms with E-state index >= 15 is 0 Å². The molecule has 1 saturated heterocycles. The number of nitrogens with one attached hydrogen (secondary N) is 1. The van der Waals surface area contributed by atoms with Crippen molar-refractivity contribution in [2.24, 2.45) is 0 Å². The molecule has 1 aromatic rings. The third-order valence-corrected chi connectivity index (χ3v) is 3.02. The Morgan fingerprint density at radius 1 is 1.17 bits per heavy atom. The van der Waals surface area contributed by atoms with Gasteiger partial charge in [-0.3, -0.25) is 4.79 Å². The first-order valence-electron chi connectivity index (χ1n) is 6.52. The molecule has 0 atom stereocenters. The lowest BCUT2D eigenvalue weighted by Crippen LogP contribution is -2.40. The molecule has 0 unspecified atom stereocenters. The molecule has 0 bridgehead atoms. The zero-order valence-electron chi connectivity index (χ0n) is 10.6. The van der Waals surface area contributed by atoms with E-state index in [4.69, 9.17) is 4.74 Å². The van der Waals surface area contributed by atoms with Gasteiger partial charge >= 0.3 is 0 Å². The molecule has 0 aliphatic carbocycles. The summed E-state index contributed by atoms with van der Waals surface area (Å²) in [7, 11) is 0. The molecule has 0 saturated carbocycles. The van der Waals surface area contributed by atoms with Crippen LogP contribution in [0.5, 0.6) is 5.75 Å². The van der Waals surface area contributed by atoms with Crippen LogP contribution in [0.1, 0.15) is 12.8 Å². The quantitative estimate of drug-likeness (QED) is 0.876. The number of hydrogen-bond donors (Lipinski definition) is 1. The summed E-state index contributed by atoms with van der Waals surface area (Å²) in [5.41, 5.74) is 0. The number of carbonyl (C=O) groups excluding carboxylic acids is 1. The average molecular weight is 248 g/mol. The van der Waals surface area contributed by atoms with Crippen molar-refractivity contribution in [3.8, 4) is 5.75 Å². The highest BCUT2D eigenvalue weighted by Gasteiger charge is 2.14. The van der Waals surface area contributed by atoms with Crippen LogP contribution in [-0.2, 0) is 4.79 Å². The summed E-state index contributed by atoms with van der Waals surface area (Å²) in [6.45, 7) is 3.76. The third kappa shape index (κ3) is 4.04. The fourth-order valence-corrected chi connectivity index (χ4v) is 2.03. The maximum atomic E-state index is 12.0. The average Bonchev–Trinajstić information content (AvgIpc) is 2.37. The predicted octanol–water partition coefficient (Wildman–Crippen LogP) is 1.28. The van der Waals surface area contributed by atoms with E-state index in [1.165, 1.54) is 0 Å². The van der Waals surface area contributed by atoms with Crippen molar-refractivity contribution >= 4 is 5.91 Å². The standard InChI is InChI=1S/C14H20N2O2/c17-14(12-18-13-6-2-1-3-7-13)16-10-4-8-15-9-5-11-16/h1-3,6-7,15H,4-5,8-12H2. The van der Waals surface area contributed by atoms with Gasteiger partial charge in [0.15, 0.2) is 6.61 Å². The molecule has 0 spiro atoms. The summed E-state index contributed by atoms with van der Waals surface area (Å²) in [5.74, 6) is 0.834. The van der Waals surface area contributed by atoms with Crippen molar-refractivity contribution in [2.45, 2.75) is 12.8 Å². The van der Waals surface area contributed by atoms with Crippen LogP contribution in [0.3, 0.4) is 0 Å². The van der Waals surface area contributed by atoms with Gasteiger partial charge in [0, 0.05) is 13.1 Å². The van der Waals surface area contributed by atoms with Crippen LogP contribution in [0.15, 0.2) is 30.3 Å². The largest absolute Gasteiger partial charge is 0.484 e. The number of carbonyl (C=O) groups is 1. The Labute approximate surface area is 108 Å². The Hall–Kier alpha value is -1.55. The minimum atomic E-state index is 0.0840. The molecule has 1 aliphatic rings. The molecule has 1 aliphatic heterocycles. The second-order valence-corrected chi connectivity index (χ2v) is 4.44. The Morgan fingerprint density at radius 2 is 1.83 bits per heavy atom. The summed E-state index contributed by atoms with van der Waals surface area (Å²) in [4.78, 5) is 13.9. The van der Waals surface area contributed by atoms with E-state index in [1.54, 1.807) is 0 Å². The lowest BCUT2D eigenvalue weighted by Gasteiger charge is -2.25. The summed E-state index contributed by atoms with van der Waals surface area (Å²) in [6, 6.07) is 9.47. The van der Waals surface area contributed by atoms with Crippen molar-refractivity contribution in [2.75, 3.05) is 32.8 Å². The maximum Gasteiger partial charge on any atom is 0.260 e. The molecule has 1 N–H and O–H groups in total. The lowest BCUT2D eigenvalue weighted by molar-refractivity contribution is -0.133. The van der Waals surface area contributed by atoms with Gasteiger partial charge in [0.05, 0.1) is 0 Å². The van der Waals surface area contributed by atoms with Gasteiger partial charge in [0.25, 0.3) is 5.91 Å². The van der Waals surface area contributed by atoms with Crippen LogP contribution in [0.4, 0.5) is 0 Å². The van der Waals surface area contributed by atoms with Crippen molar-refractivity contribution < 1.29 is 9.53 Å². The molecule has 1 heterocycles. The summed E-state index contributed by atoms with van der Waals surface area (Å²) < 4.78 is 5.49. The van der Waals surface area contributed by atoms with Crippen LogP contribution in [0, 0.1) is 0 Å². The fraction of sp³-hybridized carbons (Fsp3) is 0.500. The van der Waals surface area contributed by atoms with Gasteiger partial charge in [0.1, 0.15) is 5.75 Å². The second-order valence-electron chi connectivity index (χ2n) is 4.44. The Morgan fingerprint density at radius 3 is 2.50 bits per heavy atom. The lowest BCUT2D eigenvalue weighted by atomic mass is 10.2. The summed E-state index contributed by atoms with van der Waals surface area (Å²) in [6.07, 6.45) is 2.02. The van der Waals surface area contributed by atoms with E-state index < -0.39 is 0 Å². The number of benzene rings is 1. The maximum absolute atomic E-state index is 12.0. The van der Waals surface area contributed by atoms with Crippen LogP contribution < -0.4 is 10.1 Å². The SMILES string of the molecule is O=C(COc1ccccc1)N1CCCNCCC1. The first-order valence-corrected chi connectivity index (χ1v) is 6.52. The highest BCUT2D eigenvalue weighted by molar-refractivity contribution is 5.77. The number of hydrogen-bond acceptors (Lipinski definition) is 3. The highest BCUT2D eigenvalue weighted by atomic mass is 16.5. The van der Waals surface area contributed by atoms with E-state index in [9.17, 15) is 4.79 Å². The molecule has 98 valence electrons. The van der Waals surface area contributed by atoms with Gasteiger partial charge in [-0.15, -0.1) is 0 Å². The second kappa shape index (κ2) is 7.01. The molecule has 1 aromatic carbocycles. The molecule has 4 nitrogen and oxygen atoms in total. The van der Waals surface area contributed by atoms with Crippen LogP contribution in [-0.4, -0.2) is 43.6 Å². The van der Waals surface area contributed by atoms with E-state index in [0.717, 1.165) is 44.8 Å². The smallest absolute Gasteiger partial charge is 0.260 e. The first-order chi connectivity index (χ1) is 8.86. The van der Waals surface area contributed by atoms with Gasteiger partial charge in [-0.1, -0.05) is 18.2 Å². The molecule has 1 amide bonds. The van der Waals surface area contributed by atoms with Crippen molar-refractivity contribution in [1.29, 1.82) is 0 Å². The molecule has 0 aromatic heterocycles. The molecule has 0 radical (unpaired) electrons. The van der Waals surface area contributed by atoms with Crippen molar-refractivity contribution in [1.82, 2.24) is 10.2 Å². The highest BCUT2D eigenvalue weighted by Crippen LogP contribution is 2.08. The van der Waals surface area contributed by atoms with Gasteiger partial charge < -0.3 is 15.0 Å². The van der Waals surface area contributed by atoms with E-state index in [-0.39, 0.29) is 12.5 Å². The van der Waals surface area contributed by atoms with E-state index in [0.29, 0.717) is 0 Å². The van der Waals surface area contributed by atoms with Crippen LogP contribution in [0.2, 0.25) is 0 Å². The van der Waals surface area contributed by atoms with Crippen LogP contribution >= 0.6 is 0 Å².